The molecule has 0 fully saturated rings. The molecule has 0 bridgehead atoms. The van der Waals surface area contributed by atoms with Gasteiger partial charge in [-0.2, -0.15) is 0 Å². The maximum atomic E-state index is 11.5. The van der Waals surface area contributed by atoms with Crippen molar-refractivity contribution < 1.29 is 9.53 Å². The average Bonchev–Trinajstić information content (AvgIpc) is 2.24. The van der Waals surface area contributed by atoms with E-state index in [0.717, 1.165) is 5.56 Å². The topological polar surface area (TPSA) is 38.3 Å². The molecule has 0 atom stereocenters. The summed E-state index contributed by atoms with van der Waals surface area (Å²) in [6.07, 6.45) is 0. The number of amides is 1. The lowest BCUT2D eigenvalue weighted by Gasteiger charge is -2.19. The van der Waals surface area contributed by atoms with Crippen LogP contribution in [0.3, 0.4) is 0 Å². The number of nitrogens with one attached hydrogen (secondary N) is 1. The third-order valence-corrected chi connectivity index (χ3v) is 2.37. The highest BCUT2D eigenvalue weighted by molar-refractivity contribution is 5.77. The number of benzene rings is 1. The molecule has 0 aliphatic rings. The molecule has 3 heteroatoms. The van der Waals surface area contributed by atoms with Gasteiger partial charge in [-0.1, -0.05) is 24.3 Å². The summed E-state index contributed by atoms with van der Waals surface area (Å²) in [7, 11) is 0. The molecule has 0 unspecified atom stereocenters. The highest BCUT2D eigenvalue weighted by Crippen LogP contribution is 2.07. The standard InChI is InChI=1S/C14H21NO2/c1-11-7-5-6-8-12(11)9-15-13(16)10-17-14(2,3)4/h5-8H,9-10H2,1-4H3,(H,15,16). The fourth-order valence-corrected chi connectivity index (χ4v) is 1.34. The highest BCUT2D eigenvalue weighted by Gasteiger charge is 2.12. The number of carbonyl (C=O) groups is 1. The van der Waals surface area contributed by atoms with Gasteiger partial charge in [-0.3, -0.25) is 4.79 Å². The van der Waals surface area contributed by atoms with Gasteiger partial charge in [0.2, 0.25) is 5.91 Å². The molecule has 0 saturated carbocycles. The maximum Gasteiger partial charge on any atom is 0.246 e. The molecule has 0 spiro atoms. The van der Waals surface area contributed by atoms with Gasteiger partial charge in [0.1, 0.15) is 6.61 Å². The quantitative estimate of drug-likeness (QED) is 0.870. The smallest absolute Gasteiger partial charge is 0.246 e. The van der Waals surface area contributed by atoms with Crippen LogP contribution in [0, 0.1) is 6.92 Å². The van der Waals surface area contributed by atoms with E-state index in [9.17, 15) is 4.79 Å². The molecule has 3 nitrogen and oxygen atoms in total. The lowest BCUT2D eigenvalue weighted by atomic mass is 10.1. The summed E-state index contributed by atoms with van der Waals surface area (Å²) in [6, 6.07) is 8.01. The first kappa shape index (κ1) is 13.7. The zero-order valence-corrected chi connectivity index (χ0v) is 11.0. The first-order valence-corrected chi connectivity index (χ1v) is 5.83. The maximum absolute atomic E-state index is 11.5. The van der Waals surface area contributed by atoms with Gasteiger partial charge in [0, 0.05) is 6.54 Å². The lowest BCUT2D eigenvalue weighted by molar-refractivity contribution is -0.130. The average molecular weight is 235 g/mol. The number of rotatable bonds is 4. The van der Waals surface area contributed by atoms with E-state index in [1.54, 1.807) is 0 Å². The summed E-state index contributed by atoms with van der Waals surface area (Å²) < 4.78 is 5.40. The lowest BCUT2D eigenvalue weighted by Crippen LogP contribution is -2.31. The molecule has 1 aromatic rings. The van der Waals surface area contributed by atoms with E-state index in [1.807, 2.05) is 52.0 Å². The second-order valence-electron chi connectivity index (χ2n) is 5.10. The minimum absolute atomic E-state index is 0.0804. The molecule has 0 aliphatic carbocycles. The monoisotopic (exact) mass is 235 g/mol. The molecule has 1 N–H and O–H groups in total. The van der Waals surface area contributed by atoms with Crippen LogP contribution in [0.4, 0.5) is 0 Å². The fourth-order valence-electron chi connectivity index (χ4n) is 1.34. The Balaban J connectivity index is 2.36. The second-order valence-corrected chi connectivity index (χ2v) is 5.10. The van der Waals surface area contributed by atoms with Crippen molar-refractivity contribution in [1.82, 2.24) is 5.32 Å². The normalized spacial score (nSPS) is 11.3. The van der Waals surface area contributed by atoms with Gasteiger partial charge in [0.15, 0.2) is 0 Å². The summed E-state index contributed by atoms with van der Waals surface area (Å²) >= 11 is 0. The third-order valence-electron chi connectivity index (χ3n) is 2.37. The first-order chi connectivity index (χ1) is 7.88. The Labute approximate surface area is 103 Å². The van der Waals surface area contributed by atoms with Crippen LogP contribution in [0.1, 0.15) is 31.9 Å². The highest BCUT2D eigenvalue weighted by atomic mass is 16.5. The molecule has 0 saturated heterocycles. The van der Waals surface area contributed by atoms with Crippen LogP contribution in [-0.4, -0.2) is 18.1 Å². The van der Waals surface area contributed by atoms with Crippen molar-refractivity contribution in [2.75, 3.05) is 6.61 Å². The first-order valence-electron chi connectivity index (χ1n) is 5.83. The van der Waals surface area contributed by atoms with E-state index < -0.39 is 0 Å². The van der Waals surface area contributed by atoms with Crippen LogP contribution < -0.4 is 5.32 Å². The predicted octanol–water partition coefficient (Wildman–Crippen LogP) is 2.43. The Morgan fingerprint density at radius 2 is 1.94 bits per heavy atom. The van der Waals surface area contributed by atoms with Crippen LogP contribution >= 0.6 is 0 Å². The largest absolute Gasteiger partial charge is 0.366 e. The minimum Gasteiger partial charge on any atom is -0.366 e. The van der Waals surface area contributed by atoms with Crippen molar-refractivity contribution in [3.8, 4) is 0 Å². The summed E-state index contributed by atoms with van der Waals surface area (Å²) in [5.41, 5.74) is 2.04. The Morgan fingerprint density at radius 1 is 1.29 bits per heavy atom. The van der Waals surface area contributed by atoms with Gasteiger partial charge >= 0.3 is 0 Å². The van der Waals surface area contributed by atoms with Crippen LogP contribution in [0.15, 0.2) is 24.3 Å². The number of hydrogen-bond donors (Lipinski definition) is 1. The Kier molecular flexibility index (Phi) is 4.70. The Hall–Kier alpha value is -1.35. The molecule has 1 amide bonds. The molecule has 1 aromatic carbocycles. The van der Waals surface area contributed by atoms with Crippen molar-refractivity contribution in [3.63, 3.8) is 0 Å². The molecular formula is C14H21NO2. The van der Waals surface area contributed by atoms with E-state index in [0.29, 0.717) is 6.54 Å². The van der Waals surface area contributed by atoms with Gasteiger partial charge in [-0.25, -0.2) is 0 Å². The van der Waals surface area contributed by atoms with Crippen LogP contribution in [0.2, 0.25) is 0 Å². The molecule has 1 rings (SSSR count). The van der Waals surface area contributed by atoms with E-state index in [1.165, 1.54) is 5.56 Å². The molecule has 0 heterocycles. The van der Waals surface area contributed by atoms with Crippen LogP contribution in [0.5, 0.6) is 0 Å². The zero-order chi connectivity index (χ0) is 12.9. The van der Waals surface area contributed by atoms with E-state index in [2.05, 4.69) is 5.32 Å². The predicted molar refractivity (Wildman–Crippen MR) is 68.7 cm³/mol. The SMILES string of the molecule is Cc1ccccc1CNC(=O)COC(C)(C)C. The summed E-state index contributed by atoms with van der Waals surface area (Å²) in [5, 5.41) is 2.85. The van der Waals surface area contributed by atoms with Gasteiger partial charge in [-0.05, 0) is 38.8 Å². The van der Waals surface area contributed by atoms with Crippen LogP contribution in [-0.2, 0) is 16.1 Å². The van der Waals surface area contributed by atoms with E-state index in [-0.39, 0.29) is 18.1 Å². The Bertz CT molecular complexity index is 380. The molecule has 0 radical (unpaired) electrons. The van der Waals surface area contributed by atoms with Crippen molar-refractivity contribution in [1.29, 1.82) is 0 Å². The number of hydrogen-bond acceptors (Lipinski definition) is 2. The summed E-state index contributed by atoms with van der Waals surface area (Å²) in [4.78, 5) is 11.5. The van der Waals surface area contributed by atoms with Gasteiger partial charge in [-0.15, -0.1) is 0 Å². The second kappa shape index (κ2) is 5.82. The van der Waals surface area contributed by atoms with E-state index >= 15 is 0 Å². The summed E-state index contributed by atoms with van der Waals surface area (Å²) in [6.45, 7) is 8.49. The van der Waals surface area contributed by atoms with Gasteiger partial charge in [0.05, 0.1) is 5.60 Å². The molecule has 94 valence electrons. The van der Waals surface area contributed by atoms with Crippen molar-refractivity contribution in [2.24, 2.45) is 0 Å². The van der Waals surface area contributed by atoms with Gasteiger partial charge in [0.25, 0.3) is 0 Å². The van der Waals surface area contributed by atoms with Gasteiger partial charge < -0.3 is 10.1 Å². The van der Waals surface area contributed by atoms with Crippen LogP contribution in [0.25, 0.3) is 0 Å². The molecule has 0 aliphatic heterocycles. The number of aryl methyl sites for hydroxylation is 1. The third kappa shape index (κ3) is 5.50. The molecule has 0 aromatic heterocycles. The summed E-state index contributed by atoms with van der Waals surface area (Å²) in [5.74, 6) is -0.0804. The Morgan fingerprint density at radius 3 is 2.53 bits per heavy atom. The minimum atomic E-state index is -0.278. The fraction of sp³-hybridized carbons (Fsp3) is 0.500. The van der Waals surface area contributed by atoms with E-state index in [4.69, 9.17) is 4.74 Å². The number of carbonyl (C=O) groups excluding carboxylic acids is 1. The molecule has 17 heavy (non-hydrogen) atoms. The van der Waals surface area contributed by atoms with Crippen molar-refractivity contribution >= 4 is 5.91 Å². The van der Waals surface area contributed by atoms with Crippen molar-refractivity contribution in [2.45, 2.75) is 39.8 Å². The van der Waals surface area contributed by atoms with Crippen molar-refractivity contribution in [3.05, 3.63) is 35.4 Å². The zero-order valence-electron chi connectivity index (χ0n) is 11.0. The molecular weight excluding hydrogens is 214 g/mol. The number of ether oxygens (including phenoxy) is 1.